The Kier molecular flexibility index (Phi) is 25.5. The molecule has 0 bridgehead atoms. The van der Waals surface area contributed by atoms with Crippen molar-refractivity contribution in [1.82, 2.24) is 0 Å². The molecule has 0 fully saturated rings. The molecule has 0 unspecified atom stereocenters. The van der Waals surface area contributed by atoms with Gasteiger partial charge in [0.15, 0.2) is 0 Å². The van der Waals surface area contributed by atoms with Crippen LogP contribution in [0.15, 0.2) is 70.6 Å². The summed E-state index contributed by atoms with van der Waals surface area (Å²) in [7, 11) is 0. The Morgan fingerprint density at radius 1 is 0.733 bits per heavy atom. The van der Waals surface area contributed by atoms with E-state index >= 15 is 0 Å². The average molecular weight is 417 g/mol. The zero-order chi connectivity index (χ0) is 22.7. The second-order valence-electron chi connectivity index (χ2n) is 5.26. The van der Waals surface area contributed by atoms with E-state index in [9.17, 15) is 9.59 Å². The van der Waals surface area contributed by atoms with E-state index in [1.807, 2.05) is 26.0 Å². The number of hydrogen-bond acceptors (Lipinski definition) is 7. The first-order valence-electron chi connectivity index (χ1n) is 9.68. The molecule has 7 nitrogen and oxygen atoms in total. The molecule has 2 N–H and O–H groups in total. The molecule has 7 heteroatoms. The van der Waals surface area contributed by atoms with Crippen LogP contribution in [0.25, 0.3) is 11.1 Å². The SMILES string of the molecule is CCOCC.O=C=NCCCN=C=O.OCCO.c1ccc(-c2ccccc2)cc1. The molecule has 0 saturated heterocycles. The van der Waals surface area contributed by atoms with Crippen molar-refractivity contribution in [3.05, 3.63) is 60.7 Å². The monoisotopic (exact) mass is 416 g/mol. The molecule has 0 aliphatic rings. The van der Waals surface area contributed by atoms with Gasteiger partial charge in [0.2, 0.25) is 12.2 Å². The molecule has 2 aromatic rings. The van der Waals surface area contributed by atoms with Crippen molar-refractivity contribution in [3.8, 4) is 11.1 Å². The normalized spacial score (nSPS) is 8.40. The lowest BCUT2D eigenvalue weighted by Gasteiger charge is -1.98. The lowest BCUT2D eigenvalue weighted by atomic mass is 10.1. The van der Waals surface area contributed by atoms with Crippen LogP contribution in [0.3, 0.4) is 0 Å². The van der Waals surface area contributed by atoms with Gasteiger partial charge in [-0.2, -0.15) is 0 Å². The molecule has 164 valence electrons. The largest absolute Gasteiger partial charge is 0.394 e. The summed E-state index contributed by atoms with van der Waals surface area (Å²) in [6, 6.07) is 20.8. The van der Waals surface area contributed by atoms with Crippen molar-refractivity contribution in [3.63, 3.8) is 0 Å². The van der Waals surface area contributed by atoms with E-state index in [4.69, 9.17) is 14.9 Å². The summed E-state index contributed by atoms with van der Waals surface area (Å²) in [5, 5.41) is 15.2. The van der Waals surface area contributed by atoms with Crippen molar-refractivity contribution in [2.24, 2.45) is 9.98 Å². The van der Waals surface area contributed by atoms with Crippen LogP contribution in [0.5, 0.6) is 0 Å². The van der Waals surface area contributed by atoms with Crippen molar-refractivity contribution in [1.29, 1.82) is 0 Å². The minimum Gasteiger partial charge on any atom is -0.394 e. The number of rotatable bonds is 8. The number of aliphatic hydroxyl groups is 2. The van der Waals surface area contributed by atoms with E-state index in [2.05, 4.69) is 58.5 Å². The van der Waals surface area contributed by atoms with Crippen LogP contribution in [-0.2, 0) is 14.3 Å². The van der Waals surface area contributed by atoms with Crippen molar-refractivity contribution in [2.45, 2.75) is 20.3 Å². The van der Waals surface area contributed by atoms with Gasteiger partial charge in [0, 0.05) is 13.2 Å². The van der Waals surface area contributed by atoms with Gasteiger partial charge in [-0.1, -0.05) is 60.7 Å². The van der Waals surface area contributed by atoms with Gasteiger partial charge in [-0.05, 0) is 31.4 Å². The highest BCUT2D eigenvalue weighted by atomic mass is 16.5. The summed E-state index contributed by atoms with van der Waals surface area (Å²) in [6.07, 6.45) is 3.36. The van der Waals surface area contributed by atoms with Crippen molar-refractivity contribution >= 4 is 12.2 Å². The summed E-state index contributed by atoms with van der Waals surface area (Å²) in [5.41, 5.74) is 2.55. The first kappa shape index (κ1) is 29.3. The van der Waals surface area contributed by atoms with Crippen LogP contribution in [0.4, 0.5) is 0 Å². The molecule has 2 rings (SSSR count). The lowest BCUT2D eigenvalue weighted by Crippen LogP contribution is -1.85. The highest BCUT2D eigenvalue weighted by molar-refractivity contribution is 5.62. The maximum Gasteiger partial charge on any atom is 0.234 e. The van der Waals surface area contributed by atoms with Crippen LogP contribution < -0.4 is 0 Å². The quantitative estimate of drug-likeness (QED) is 0.389. The molecule has 0 saturated carbocycles. The van der Waals surface area contributed by atoms with Gasteiger partial charge in [-0.15, -0.1) is 0 Å². The number of nitrogens with zero attached hydrogens (tertiary/aromatic N) is 2. The van der Waals surface area contributed by atoms with Gasteiger partial charge in [-0.25, -0.2) is 19.6 Å². The van der Waals surface area contributed by atoms with Crippen LogP contribution >= 0.6 is 0 Å². The van der Waals surface area contributed by atoms with E-state index < -0.39 is 0 Å². The summed E-state index contributed by atoms with van der Waals surface area (Å²) < 4.78 is 4.83. The number of benzene rings is 2. The number of isocyanates is 2. The van der Waals surface area contributed by atoms with Crippen LogP contribution in [0.2, 0.25) is 0 Å². The Labute approximate surface area is 178 Å². The van der Waals surface area contributed by atoms with Gasteiger partial charge >= 0.3 is 0 Å². The third-order valence-corrected chi connectivity index (χ3v) is 3.06. The Bertz CT molecular complexity index is 624. The maximum absolute atomic E-state index is 9.44. The third-order valence-electron chi connectivity index (χ3n) is 3.06. The second-order valence-corrected chi connectivity index (χ2v) is 5.26. The Balaban J connectivity index is 0. The Hall–Kier alpha value is -2.92. The molecule has 0 aliphatic carbocycles. The number of hydrogen-bond donors (Lipinski definition) is 2. The molecule has 0 heterocycles. The zero-order valence-electron chi connectivity index (χ0n) is 17.7. The maximum atomic E-state index is 9.44. The minimum absolute atomic E-state index is 0.125. The summed E-state index contributed by atoms with van der Waals surface area (Å²) in [6.45, 7) is 6.18. The van der Waals surface area contributed by atoms with Gasteiger partial charge in [0.1, 0.15) is 0 Å². The lowest BCUT2D eigenvalue weighted by molar-refractivity contribution is 0.162. The van der Waals surface area contributed by atoms with E-state index in [1.165, 1.54) is 23.3 Å². The number of carbonyl (C=O) groups excluding carboxylic acids is 2. The smallest absolute Gasteiger partial charge is 0.234 e. The fourth-order valence-electron chi connectivity index (χ4n) is 1.79. The highest BCUT2D eigenvalue weighted by Crippen LogP contribution is 2.17. The van der Waals surface area contributed by atoms with Crippen molar-refractivity contribution in [2.75, 3.05) is 39.5 Å². The molecule has 0 spiro atoms. The van der Waals surface area contributed by atoms with E-state index in [-0.39, 0.29) is 13.2 Å². The molecule has 0 atom stereocenters. The van der Waals surface area contributed by atoms with Crippen LogP contribution in [-0.4, -0.2) is 61.9 Å². The van der Waals surface area contributed by atoms with E-state index in [1.54, 1.807) is 0 Å². The molecule has 0 radical (unpaired) electrons. The first-order chi connectivity index (χ1) is 14.7. The van der Waals surface area contributed by atoms with Crippen LogP contribution in [0, 0.1) is 0 Å². The average Bonchev–Trinajstić information content (AvgIpc) is 2.82. The van der Waals surface area contributed by atoms with Gasteiger partial charge in [0.05, 0.1) is 26.3 Å². The van der Waals surface area contributed by atoms with E-state index in [0.29, 0.717) is 19.5 Å². The first-order valence-corrected chi connectivity index (χ1v) is 9.68. The fourth-order valence-corrected chi connectivity index (χ4v) is 1.79. The van der Waals surface area contributed by atoms with Gasteiger partial charge < -0.3 is 14.9 Å². The standard InChI is InChI=1S/C12H10.C5H6N2O2.C4H10O.C2H6O2/c1-3-7-11(8-4-1)12-9-5-2-6-10-12;8-4-6-2-1-3-7-5-9;1-3-5-4-2;3-1-2-4/h1-10H;1-3H2;3-4H2,1-2H3;3-4H,1-2H2. The predicted molar refractivity (Wildman–Crippen MR) is 119 cm³/mol. The zero-order valence-corrected chi connectivity index (χ0v) is 17.7. The second kappa shape index (κ2) is 26.1. The Morgan fingerprint density at radius 2 is 1.10 bits per heavy atom. The summed E-state index contributed by atoms with van der Waals surface area (Å²) in [4.78, 5) is 25.4. The summed E-state index contributed by atoms with van der Waals surface area (Å²) in [5.74, 6) is 0. The topological polar surface area (TPSA) is 109 Å². The number of aliphatic imine (C=N–C) groups is 2. The van der Waals surface area contributed by atoms with Gasteiger partial charge in [0.25, 0.3) is 0 Å². The third kappa shape index (κ3) is 21.4. The number of ether oxygens (including phenoxy) is 1. The number of aliphatic hydroxyl groups excluding tert-OH is 2. The van der Waals surface area contributed by atoms with Crippen LogP contribution in [0.1, 0.15) is 20.3 Å². The molecule has 0 aliphatic heterocycles. The fraction of sp³-hybridized carbons (Fsp3) is 0.391. The minimum atomic E-state index is -0.125. The molecule has 0 aromatic heterocycles. The molecular formula is C23H32N2O5. The summed E-state index contributed by atoms with van der Waals surface area (Å²) >= 11 is 0. The molecule has 2 aromatic carbocycles. The van der Waals surface area contributed by atoms with Gasteiger partial charge in [-0.3, -0.25) is 0 Å². The highest BCUT2D eigenvalue weighted by Gasteiger charge is 1.91. The predicted octanol–water partition coefficient (Wildman–Crippen LogP) is 3.42. The van der Waals surface area contributed by atoms with E-state index in [0.717, 1.165) is 13.2 Å². The molecule has 30 heavy (non-hydrogen) atoms. The Morgan fingerprint density at radius 3 is 1.33 bits per heavy atom. The molecular weight excluding hydrogens is 384 g/mol. The molecule has 0 amide bonds. The van der Waals surface area contributed by atoms with Crippen molar-refractivity contribution < 1.29 is 24.5 Å².